The van der Waals surface area contributed by atoms with Gasteiger partial charge in [-0.2, -0.15) is 13.2 Å². The van der Waals surface area contributed by atoms with Gasteiger partial charge in [0, 0.05) is 0 Å². The van der Waals surface area contributed by atoms with Gasteiger partial charge in [-0.05, 0) is 12.8 Å². The maximum absolute atomic E-state index is 11.8. The number of amides is 1. The molecule has 0 unspecified atom stereocenters. The fourth-order valence-corrected chi connectivity index (χ4v) is 1.51. The smallest absolute Gasteiger partial charge is 0.409 e. The van der Waals surface area contributed by atoms with E-state index in [4.69, 9.17) is 10.9 Å². The Morgan fingerprint density at radius 1 is 1.37 bits per heavy atom. The summed E-state index contributed by atoms with van der Waals surface area (Å²) in [5.41, 5.74) is 4.39. The van der Waals surface area contributed by atoms with Crippen molar-refractivity contribution in [2.75, 3.05) is 13.2 Å². The van der Waals surface area contributed by atoms with Gasteiger partial charge in [0.05, 0.1) is 0 Å². The highest BCUT2D eigenvalue weighted by Gasteiger charge is 2.34. The highest BCUT2D eigenvalue weighted by atomic mass is 19.4. The number of halogens is 3. The maximum Gasteiger partial charge on any atom is 0.411 e. The monoisotopic (exact) mass is 285 g/mol. The van der Waals surface area contributed by atoms with Gasteiger partial charge in [0.25, 0.3) is 0 Å². The Morgan fingerprint density at radius 3 is 2.26 bits per heavy atom. The summed E-state index contributed by atoms with van der Waals surface area (Å²) >= 11 is 0. The second kappa shape index (κ2) is 7.17. The SMILES string of the molecule is CCC(CC)(NC(=O)COCC(F)(F)F)C(N)=NO. The van der Waals surface area contributed by atoms with Crippen LogP contribution in [-0.4, -0.2) is 41.9 Å². The molecule has 0 atom stereocenters. The van der Waals surface area contributed by atoms with Crippen molar-refractivity contribution in [2.24, 2.45) is 10.9 Å². The van der Waals surface area contributed by atoms with E-state index < -0.39 is 30.8 Å². The van der Waals surface area contributed by atoms with E-state index in [0.717, 1.165) is 0 Å². The minimum atomic E-state index is -4.49. The molecule has 19 heavy (non-hydrogen) atoms. The van der Waals surface area contributed by atoms with Crippen LogP contribution < -0.4 is 11.1 Å². The second-order valence-electron chi connectivity index (χ2n) is 3.93. The van der Waals surface area contributed by atoms with E-state index >= 15 is 0 Å². The van der Waals surface area contributed by atoms with Gasteiger partial charge in [-0.3, -0.25) is 4.79 Å². The molecule has 0 rings (SSSR count). The number of carbonyl (C=O) groups is 1. The van der Waals surface area contributed by atoms with Crippen molar-refractivity contribution < 1.29 is 27.9 Å². The molecule has 0 fully saturated rings. The Kier molecular flexibility index (Phi) is 6.60. The predicted octanol–water partition coefficient (Wildman–Crippen LogP) is 0.987. The largest absolute Gasteiger partial charge is 0.411 e. The van der Waals surface area contributed by atoms with E-state index in [9.17, 15) is 18.0 Å². The minimum absolute atomic E-state index is 0.207. The van der Waals surface area contributed by atoms with Crippen LogP contribution in [0.15, 0.2) is 5.16 Å². The molecule has 0 aliphatic rings. The first-order valence-corrected chi connectivity index (χ1v) is 5.64. The highest BCUT2D eigenvalue weighted by molar-refractivity contribution is 5.94. The number of oxime groups is 1. The molecule has 0 saturated carbocycles. The predicted molar refractivity (Wildman–Crippen MR) is 61.7 cm³/mol. The van der Waals surface area contributed by atoms with E-state index in [1.807, 2.05) is 0 Å². The van der Waals surface area contributed by atoms with Crippen LogP contribution >= 0.6 is 0 Å². The first-order valence-electron chi connectivity index (χ1n) is 5.64. The summed E-state index contributed by atoms with van der Waals surface area (Å²) in [4.78, 5) is 11.5. The van der Waals surface area contributed by atoms with Gasteiger partial charge in [0.15, 0.2) is 5.84 Å². The Morgan fingerprint density at radius 2 is 1.89 bits per heavy atom. The molecule has 0 aliphatic heterocycles. The molecule has 0 aromatic heterocycles. The van der Waals surface area contributed by atoms with Crippen LogP contribution in [0.4, 0.5) is 13.2 Å². The first-order chi connectivity index (χ1) is 8.70. The van der Waals surface area contributed by atoms with Gasteiger partial charge in [-0.1, -0.05) is 19.0 Å². The molecule has 0 saturated heterocycles. The average Bonchev–Trinajstić information content (AvgIpc) is 2.33. The van der Waals surface area contributed by atoms with E-state index in [1.54, 1.807) is 13.8 Å². The third-order valence-corrected chi connectivity index (χ3v) is 2.68. The molecule has 0 spiro atoms. The molecular formula is C10H18F3N3O3. The molecule has 0 aliphatic carbocycles. The van der Waals surface area contributed by atoms with Crippen LogP contribution in [0.3, 0.4) is 0 Å². The Labute approximate surface area is 108 Å². The normalized spacial score (nSPS) is 13.4. The summed E-state index contributed by atoms with van der Waals surface area (Å²) in [7, 11) is 0. The van der Waals surface area contributed by atoms with Crippen molar-refractivity contribution in [2.45, 2.75) is 38.4 Å². The number of carbonyl (C=O) groups excluding carboxylic acids is 1. The number of nitrogens with one attached hydrogen (secondary N) is 1. The molecule has 6 nitrogen and oxygen atoms in total. The Bertz CT molecular complexity index is 328. The standard InChI is InChI=1S/C10H18F3N3O3/c1-3-9(4-2,8(14)16-18)15-7(17)5-19-6-10(11,12)13/h18H,3-6H2,1-2H3,(H2,14,16)(H,15,17). The molecule has 0 heterocycles. The summed E-state index contributed by atoms with van der Waals surface area (Å²) in [6.07, 6.45) is -3.84. The van der Waals surface area contributed by atoms with Crippen molar-refractivity contribution in [1.29, 1.82) is 0 Å². The average molecular weight is 285 g/mol. The number of nitrogens with zero attached hydrogens (tertiary/aromatic N) is 1. The highest BCUT2D eigenvalue weighted by Crippen LogP contribution is 2.16. The van der Waals surface area contributed by atoms with E-state index in [-0.39, 0.29) is 5.84 Å². The van der Waals surface area contributed by atoms with Crippen molar-refractivity contribution in [3.63, 3.8) is 0 Å². The van der Waals surface area contributed by atoms with Gasteiger partial charge >= 0.3 is 6.18 Å². The van der Waals surface area contributed by atoms with Gasteiger partial charge in [-0.25, -0.2) is 0 Å². The van der Waals surface area contributed by atoms with E-state index in [1.165, 1.54) is 0 Å². The van der Waals surface area contributed by atoms with Crippen LogP contribution in [0.5, 0.6) is 0 Å². The molecule has 0 radical (unpaired) electrons. The fourth-order valence-electron chi connectivity index (χ4n) is 1.51. The lowest BCUT2D eigenvalue weighted by molar-refractivity contribution is -0.175. The minimum Gasteiger partial charge on any atom is -0.409 e. The van der Waals surface area contributed by atoms with Crippen LogP contribution in [0.1, 0.15) is 26.7 Å². The summed E-state index contributed by atoms with van der Waals surface area (Å²) in [5.74, 6) is -0.971. The second-order valence-corrected chi connectivity index (χ2v) is 3.93. The summed E-state index contributed by atoms with van der Waals surface area (Å²) in [6, 6.07) is 0. The number of hydrogen-bond acceptors (Lipinski definition) is 4. The van der Waals surface area contributed by atoms with Crippen molar-refractivity contribution in [3.05, 3.63) is 0 Å². The van der Waals surface area contributed by atoms with Crippen LogP contribution in [0, 0.1) is 0 Å². The molecule has 0 bridgehead atoms. The number of rotatable bonds is 7. The van der Waals surface area contributed by atoms with Gasteiger partial charge in [-0.15, -0.1) is 0 Å². The third kappa shape index (κ3) is 5.77. The van der Waals surface area contributed by atoms with Crippen molar-refractivity contribution >= 4 is 11.7 Å². The zero-order valence-corrected chi connectivity index (χ0v) is 10.8. The quantitative estimate of drug-likeness (QED) is 0.281. The molecular weight excluding hydrogens is 267 g/mol. The zero-order valence-electron chi connectivity index (χ0n) is 10.8. The number of alkyl halides is 3. The third-order valence-electron chi connectivity index (χ3n) is 2.68. The summed E-state index contributed by atoms with van der Waals surface area (Å²) in [5, 5.41) is 13.9. The summed E-state index contributed by atoms with van der Waals surface area (Å²) in [6.45, 7) is 1.13. The fraction of sp³-hybridized carbons (Fsp3) is 0.800. The molecule has 4 N–H and O–H groups in total. The Hall–Kier alpha value is -1.51. The van der Waals surface area contributed by atoms with E-state index in [0.29, 0.717) is 12.8 Å². The number of hydrogen-bond donors (Lipinski definition) is 3. The first kappa shape index (κ1) is 17.5. The molecule has 112 valence electrons. The lowest BCUT2D eigenvalue weighted by Crippen LogP contribution is -2.57. The van der Waals surface area contributed by atoms with Crippen molar-refractivity contribution in [1.82, 2.24) is 5.32 Å². The van der Waals surface area contributed by atoms with E-state index in [2.05, 4.69) is 15.2 Å². The number of ether oxygens (including phenoxy) is 1. The molecule has 1 amide bonds. The molecule has 0 aromatic rings. The summed E-state index contributed by atoms with van der Waals surface area (Å²) < 4.78 is 39.7. The lowest BCUT2D eigenvalue weighted by Gasteiger charge is -2.31. The van der Waals surface area contributed by atoms with Gasteiger partial charge in [0.2, 0.25) is 5.91 Å². The lowest BCUT2D eigenvalue weighted by atomic mass is 9.91. The zero-order chi connectivity index (χ0) is 15.1. The Balaban J connectivity index is 4.50. The van der Waals surface area contributed by atoms with Crippen LogP contribution in [-0.2, 0) is 9.53 Å². The van der Waals surface area contributed by atoms with Gasteiger partial charge < -0.3 is 21.0 Å². The number of amidine groups is 1. The topological polar surface area (TPSA) is 96.9 Å². The van der Waals surface area contributed by atoms with Gasteiger partial charge in [0.1, 0.15) is 18.8 Å². The maximum atomic E-state index is 11.8. The molecule has 9 heteroatoms. The van der Waals surface area contributed by atoms with Crippen molar-refractivity contribution in [3.8, 4) is 0 Å². The molecule has 0 aromatic carbocycles. The number of nitrogens with two attached hydrogens (primary N) is 1. The van der Waals surface area contributed by atoms with Crippen LogP contribution in [0.25, 0.3) is 0 Å². The van der Waals surface area contributed by atoms with Crippen LogP contribution in [0.2, 0.25) is 0 Å².